The molecular weight excluding hydrogens is 202 g/mol. The molecule has 1 aromatic carbocycles. The van der Waals surface area contributed by atoms with Gasteiger partial charge in [0.25, 0.3) is 0 Å². The molecule has 0 spiro atoms. The largest absolute Gasteiger partial charge is 0.476 e. The van der Waals surface area contributed by atoms with Crippen LogP contribution in [0.25, 0.3) is 0 Å². The predicted octanol–water partition coefficient (Wildman–Crippen LogP) is 1.73. The SMILES string of the molecule is CC(C)(CO)c1ccccc1C1=NCCO1. The molecule has 1 N–H and O–H groups in total. The van der Waals surface area contributed by atoms with Crippen LogP contribution in [0.15, 0.2) is 29.3 Å². The van der Waals surface area contributed by atoms with Crippen LogP contribution in [0, 0.1) is 0 Å². The van der Waals surface area contributed by atoms with Crippen LogP contribution in [-0.4, -0.2) is 30.8 Å². The third kappa shape index (κ3) is 1.95. The van der Waals surface area contributed by atoms with Crippen LogP contribution in [0.1, 0.15) is 25.0 Å². The lowest BCUT2D eigenvalue weighted by Gasteiger charge is -2.25. The molecule has 2 rings (SSSR count). The second kappa shape index (κ2) is 4.26. The van der Waals surface area contributed by atoms with E-state index in [0.717, 1.165) is 17.7 Å². The number of rotatable bonds is 3. The molecule has 1 aliphatic rings. The van der Waals surface area contributed by atoms with Gasteiger partial charge in [-0.1, -0.05) is 32.0 Å². The lowest BCUT2D eigenvalue weighted by atomic mass is 9.82. The molecule has 0 saturated carbocycles. The van der Waals surface area contributed by atoms with Gasteiger partial charge in [-0.15, -0.1) is 0 Å². The van der Waals surface area contributed by atoms with Gasteiger partial charge in [0.1, 0.15) is 6.61 Å². The molecule has 0 saturated heterocycles. The van der Waals surface area contributed by atoms with Gasteiger partial charge in [-0.3, -0.25) is 0 Å². The normalized spacial score (nSPS) is 15.8. The number of benzene rings is 1. The van der Waals surface area contributed by atoms with Gasteiger partial charge in [0.05, 0.1) is 13.2 Å². The maximum atomic E-state index is 9.43. The quantitative estimate of drug-likeness (QED) is 0.841. The van der Waals surface area contributed by atoms with Crippen molar-refractivity contribution >= 4 is 5.90 Å². The van der Waals surface area contributed by atoms with Gasteiger partial charge < -0.3 is 9.84 Å². The Balaban J connectivity index is 2.45. The van der Waals surface area contributed by atoms with Crippen molar-refractivity contribution in [3.63, 3.8) is 0 Å². The van der Waals surface area contributed by atoms with Crippen molar-refractivity contribution in [3.05, 3.63) is 35.4 Å². The molecule has 0 radical (unpaired) electrons. The molecular formula is C13H17NO2. The van der Waals surface area contributed by atoms with Crippen LogP contribution >= 0.6 is 0 Å². The first-order chi connectivity index (χ1) is 7.65. The molecule has 0 fully saturated rings. The molecule has 0 aliphatic carbocycles. The number of ether oxygens (including phenoxy) is 1. The third-order valence-electron chi connectivity index (χ3n) is 2.87. The maximum Gasteiger partial charge on any atom is 0.216 e. The van der Waals surface area contributed by atoms with E-state index in [0.29, 0.717) is 12.5 Å². The average Bonchev–Trinajstić information content (AvgIpc) is 2.82. The molecule has 3 nitrogen and oxygen atoms in total. The van der Waals surface area contributed by atoms with E-state index in [4.69, 9.17) is 4.74 Å². The smallest absolute Gasteiger partial charge is 0.216 e. The fraction of sp³-hybridized carbons (Fsp3) is 0.462. The van der Waals surface area contributed by atoms with Crippen LogP contribution in [0.2, 0.25) is 0 Å². The van der Waals surface area contributed by atoms with Crippen molar-refractivity contribution in [2.45, 2.75) is 19.3 Å². The summed E-state index contributed by atoms with van der Waals surface area (Å²) in [5.74, 6) is 0.706. The van der Waals surface area contributed by atoms with E-state index in [9.17, 15) is 5.11 Å². The molecule has 0 unspecified atom stereocenters. The van der Waals surface area contributed by atoms with Crippen molar-refractivity contribution in [2.24, 2.45) is 4.99 Å². The molecule has 3 heteroatoms. The van der Waals surface area contributed by atoms with Crippen LogP contribution in [0.4, 0.5) is 0 Å². The topological polar surface area (TPSA) is 41.8 Å². The Labute approximate surface area is 95.8 Å². The molecule has 86 valence electrons. The highest BCUT2D eigenvalue weighted by Crippen LogP contribution is 2.27. The van der Waals surface area contributed by atoms with Crippen molar-refractivity contribution in [1.29, 1.82) is 0 Å². The maximum absolute atomic E-state index is 9.43. The van der Waals surface area contributed by atoms with E-state index in [-0.39, 0.29) is 12.0 Å². The number of aliphatic imine (C=N–C) groups is 1. The van der Waals surface area contributed by atoms with Crippen molar-refractivity contribution < 1.29 is 9.84 Å². The van der Waals surface area contributed by atoms with Crippen molar-refractivity contribution in [3.8, 4) is 0 Å². The van der Waals surface area contributed by atoms with Gasteiger partial charge in [-0.2, -0.15) is 0 Å². The van der Waals surface area contributed by atoms with Crippen molar-refractivity contribution in [2.75, 3.05) is 19.8 Å². The van der Waals surface area contributed by atoms with Crippen LogP contribution in [-0.2, 0) is 10.2 Å². The Bertz CT molecular complexity index is 410. The first kappa shape index (κ1) is 11.1. The summed E-state index contributed by atoms with van der Waals surface area (Å²) >= 11 is 0. The summed E-state index contributed by atoms with van der Waals surface area (Å²) in [5, 5.41) is 9.43. The third-order valence-corrected chi connectivity index (χ3v) is 2.87. The number of hydrogen-bond acceptors (Lipinski definition) is 3. The fourth-order valence-electron chi connectivity index (χ4n) is 1.84. The first-order valence-electron chi connectivity index (χ1n) is 5.53. The Hall–Kier alpha value is -1.35. The van der Waals surface area contributed by atoms with Gasteiger partial charge in [-0.05, 0) is 11.6 Å². The highest BCUT2D eigenvalue weighted by molar-refractivity contribution is 5.96. The monoisotopic (exact) mass is 219 g/mol. The van der Waals surface area contributed by atoms with E-state index < -0.39 is 0 Å². The van der Waals surface area contributed by atoms with E-state index in [2.05, 4.69) is 4.99 Å². The lowest BCUT2D eigenvalue weighted by Crippen LogP contribution is -2.25. The number of aliphatic hydroxyl groups is 1. The Kier molecular flexibility index (Phi) is 2.97. The van der Waals surface area contributed by atoms with E-state index in [1.54, 1.807) is 0 Å². The zero-order valence-corrected chi connectivity index (χ0v) is 9.73. The summed E-state index contributed by atoms with van der Waals surface area (Å²) in [4.78, 5) is 4.33. The van der Waals surface area contributed by atoms with Gasteiger partial charge >= 0.3 is 0 Å². The minimum atomic E-state index is -0.273. The predicted molar refractivity (Wildman–Crippen MR) is 63.9 cm³/mol. The van der Waals surface area contributed by atoms with Gasteiger partial charge in [0.2, 0.25) is 5.90 Å². The minimum Gasteiger partial charge on any atom is -0.476 e. The van der Waals surface area contributed by atoms with Crippen LogP contribution < -0.4 is 0 Å². The number of aliphatic hydroxyl groups excluding tert-OH is 1. The zero-order valence-electron chi connectivity index (χ0n) is 9.73. The molecule has 1 heterocycles. The van der Waals surface area contributed by atoms with Crippen molar-refractivity contribution in [1.82, 2.24) is 0 Å². The zero-order chi connectivity index (χ0) is 11.6. The molecule has 1 aromatic rings. The van der Waals surface area contributed by atoms with E-state index in [1.165, 1.54) is 0 Å². The standard InChI is InChI=1S/C13H17NO2/c1-13(2,9-15)11-6-4-3-5-10(11)12-14-7-8-16-12/h3-6,15H,7-9H2,1-2H3. The van der Waals surface area contributed by atoms with E-state index in [1.807, 2.05) is 38.1 Å². The van der Waals surface area contributed by atoms with Gasteiger partial charge in [0, 0.05) is 11.0 Å². The summed E-state index contributed by atoms with van der Waals surface area (Å²) in [5.41, 5.74) is 1.81. The number of hydrogen-bond donors (Lipinski definition) is 1. The molecule has 1 aliphatic heterocycles. The molecule has 0 atom stereocenters. The Morgan fingerprint density at radius 2 is 2.12 bits per heavy atom. The fourth-order valence-corrected chi connectivity index (χ4v) is 1.84. The average molecular weight is 219 g/mol. The molecule has 0 bridgehead atoms. The second-order valence-electron chi connectivity index (χ2n) is 4.62. The lowest BCUT2D eigenvalue weighted by molar-refractivity contribution is 0.218. The molecule has 0 aromatic heterocycles. The van der Waals surface area contributed by atoms with E-state index >= 15 is 0 Å². The summed E-state index contributed by atoms with van der Waals surface area (Å²) in [6.07, 6.45) is 0. The first-order valence-corrected chi connectivity index (χ1v) is 5.53. The molecule has 0 amide bonds. The summed E-state index contributed by atoms with van der Waals surface area (Å²) < 4.78 is 5.49. The highest BCUT2D eigenvalue weighted by atomic mass is 16.5. The Morgan fingerprint density at radius 1 is 1.38 bits per heavy atom. The van der Waals surface area contributed by atoms with Gasteiger partial charge in [-0.25, -0.2) is 4.99 Å². The molecule has 16 heavy (non-hydrogen) atoms. The van der Waals surface area contributed by atoms with Crippen LogP contribution in [0.3, 0.4) is 0 Å². The summed E-state index contributed by atoms with van der Waals surface area (Å²) in [6, 6.07) is 7.97. The number of nitrogens with zero attached hydrogens (tertiary/aromatic N) is 1. The van der Waals surface area contributed by atoms with Gasteiger partial charge in [0.15, 0.2) is 0 Å². The summed E-state index contributed by atoms with van der Waals surface area (Å²) in [6.45, 7) is 5.52. The second-order valence-corrected chi connectivity index (χ2v) is 4.62. The highest BCUT2D eigenvalue weighted by Gasteiger charge is 2.25. The van der Waals surface area contributed by atoms with Crippen LogP contribution in [0.5, 0.6) is 0 Å². The summed E-state index contributed by atoms with van der Waals surface area (Å²) in [7, 11) is 0. The minimum absolute atomic E-state index is 0.108. The Morgan fingerprint density at radius 3 is 2.75 bits per heavy atom.